The van der Waals surface area contributed by atoms with Crippen molar-refractivity contribution in [1.29, 1.82) is 0 Å². The molecule has 0 spiro atoms. The molecule has 1 aromatic heterocycles. The third kappa shape index (κ3) is 3.61. The highest BCUT2D eigenvalue weighted by Gasteiger charge is 2.28. The Morgan fingerprint density at radius 2 is 2.38 bits per heavy atom. The van der Waals surface area contributed by atoms with Gasteiger partial charge < -0.3 is 24.6 Å². The van der Waals surface area contributed by atoms with Gasteiger partial charge in [0.15, 0.2) is 11.5 Å². The Morgan fingerprint density at radius 3 is 3.12 bits per heavy atom. The molecule has 24 heavy (non-hydrogen) atoms. The normalized spacial score (nSPS) is 17.0. The minimum atomic E-state index is -0.0651. The first-order valence-corrected chi connectivity index (χ1v) is 8.03. The van der Waals surface area contributed by atoms with Crippen LogP contribution in [0.4, 0.5) is 4.79 Å². The average molecular weight is 330 g/mol. The number of hydrogen-bond donors (Lipinski definition) is 2. The number of aromatic hydroxyl groups is 1. The fourth-order valence-corrected chi connectivity index (χ4v) is 3.04. The van der Waals surface area contributed by atoms with E-state index in [-0.39, 0.29) is 17.8 Å². The lowest BCUT2D eigenvalue weighted by Crippen LogP contribution is -2.44. The van der Waals surface area contributed by atoms with Gasteiger partial charge in [-0.15, -0.1) is 0 Å². The molecule has 1 aromatic carbocycles. The first kappa shape index (κ1) is 16.2. The summed E-state index contributed by atoms with van der Waals surface area (Å²) in [4.78, 5) is 18.4. The number of aromatic nitrogens is 2. The summed E-state index contributed by atoms with van der Waals surface area (Å²) in [7, 11) is 1.50. The molecular formula is C17H22N4O3. The van der Waals surface area contributed by atoms with Gasteiger partial charge in [-0.05, 0) is 30.5 Å². The van der Waals surface area contributed by atoms with Crippen LogP contribution >= 0.6 is 0 Å². The van der Waals surface area contributed by atoms with Gasteiger partial charge in [0, 0.05) is 32.0 Å². The minimum absolute atomic E-state index is 0.0651. The molecule has 7 heteroatoms. The highest BCUT2D eigenvalue weighted by molar-refractivity contribution is 5.74. The molecule has 128 valence electrons. The molecule has 0 aliphatic carbocycles. The predicted octanol–water partition coefficient (Wildman–Crippen LogP) is 1.97. The summed E-state index contributed by atoms with van der Waals surface area (Å²) in [5.74, 6) is 0.494. The number of rotatable bonds is 5. The second-order valence-corrected chi connectivity index (χ2v) is 5.91. The van der Waals surface area contributed by atoms with Gasteiger partial charge in [0.1, 0.15) is 0 Å². The number of carbonyl (C=O) groups is 1. The molecule has 2 amide bonds. The second kappa shape index (κ2) is 7.25. The fraction of sp³-hybridized carbons (Fsp3) is 0.412. The van der Waals surface area contributed by atoms with Crippen molar-refractivity contribution < 1.29 is 14.6 Å². The third-order valence-electron chi connectivity index (χ3n) is 4.31. The molecule has 1 saturated heterocycles. The lowest BCUT2D eigenvalue weighted by Gasteiger charge is -2.25. The molecule has 2 N–H and O–H groups in total. The van der Waals surface area contributed by atoms with Crippen molar-refractivity contribution in [2.75, 3.05) is 13.7 Å². The SMILES string of the molecule is COc1cc(CNC(=O)N2CCC[C@@H]2Cn2ccnc2)ccc1O. The zero-order chi connectivity index (χ0) is 16.9. The van der Waals surface area contributed by atoms with Crippen LogP contribution in [0.25, 0.3) is 0 Å². The molecule has 1 aliphatic rings. The molecule has 1 aliphatic heterocycles. The van der Waals surface area contributed by atoms with Crippen LogP contribution in [-0.2, 0) is 13.1 Å². The zero-order valence-corrected chi connectivity index (χ0v) is 13.7. The van der Waals surface area contributed by atoms with E-state index in [0.717, 1.165) is 31.5 Å². The standard InChI is InChI=1S/C17H22N4O3/c1-24-16-9-13(4-5-15(16)22)10-19-17(23)21-7-2-3-14(21)11-20-8-6-18-12-20/h4-6,8-9,12,14,22H,2-3,7,10-11H2,1H3,(H,19,23)/t14-/m1/s1. The Bertz CT molecular complexity index is 687. The van der Waals surface area contributed by atoms with Gasteiger partial charge in [-0.2, -0.15) is 0 Å². The first-order valence-electron chi connectivity index (χ1n) is 8.03. The number of hydrogen-bond acceptors (Lipinski definition) is 4. The van der Waals surface area contributed by atoms with Crippen molar-refractivity contribution in [3.63, 3.8) is 0 Å². The summed E-state index contributed by atoms with van der Waals surface area (Å²) in [6, 6.07) is 5.18. The van der Waals surface area contributed by atoms with E-state index in [2.05, 4.69) is 10.3 Å². The lowest BCUT2D eigenvalue weighted by atomic mass is 10.2. The number of benzene rings is 1. The van der Waals surface area contributed by atoms with Crippen molar-refractivity contribution in [2.24, 2.45) is 0 Å². The highest BCUT2D eigenvalue weighted by Crippen LogP contribution is 2.26. The molecular weight excluding hydrogens is 308 g/mol. The zero-order valence-electron chi connectivity index (χ0n) is 13.7. The highest BCUT2D eigenvalue weighted by atomic mass is 16.5. The van der Waals surface area contributed by atoms with Gasteiger partial charge in [0.2, 0.25) is 0 Å². The van der Waals surface area contributed by atoms with Crippen molar-refractivity contribution in [1.82, 2.24) is 19.8 Å². The van der Waals surface area contributed by atoms with Gasteiger partial charge >= 0.3 is 6.03 Å². The summed E-state index contributed by atoms with van der Waals surface area (Å²) in [6.45, 7) is 1.92. The molecule has 7 nitrogen and oxygen atoms in total. The number of carbonyl (C=O) groups excluding carboxylic acids is 1. The van der Waals surface area contributed by atoms with Crippen LogP contribution in [0.3, 0.4) is 0 Å². The molecule has 0 bridgehead atoms. The molecule has 1 atom stereocenters. The topological polar surface area (TPSA) is 79.6 Å². The Hall–Kier alpha value is -2.70. The number of methoxy groups -OCH3 is 1. The number of phenolic OH excluding ortho intramolecular Hbond substituents is 1. The summed E-state index contributed by atoms with van der Waals surface area (Å²) >= 11 is 0. The van der Waals surface area contributed by atoms with Crippen LogP contribution in [0.15, 0.2) is 36.9 Å². The Labute approximate surface area is 140 Å². The fourth-order valence-electron chi connectivity index (χ4n) is 3.04. The number of urea groups is 1. The maximum Gasteiger partial charge on any atom is 0.317 e. The van der Waals surface area contributed by atoms with E-state index in [1.165, 1.54) is 7.11 Å². The molecule has 1 fully saturated rings. The number of likely N-dealkylation sites (tertiary alicyclic amines) is 1. The van der Waals surface area contributed by atoms with E-state index in [1.807, 2.05) is 15.7 Å². The van der Waals surface area contributed by atoms with E-state index >= 15 is 0 Å². The number of imidazole rings is 1. The molecule has 0 unspecified atom stereocenters. The molecule has 0 saturated carbocycles. The Balaban J connectivity index is 1.58. The lowest BCUT2D eigenvalue weighted by molar-refractivity contribution is 0.187. The molecule has 3 rings (SSSR count). The summed E-state index contributed by atoms with van der Waals surface area (Å²) in [6.07, 6.45) is 7.45. The van der Waals surface area contributed by atoms with E-state index < -0.39 is 0 Å². The minimum Gasteiger partial charge on any atom is -0.504 e. The van der Waals surface area contributed by atoms with E-state index in [9.17, 15) is 9.90 Å². The number of amides is 2. The summed E-state index contributed by atoms with van der Waals surface area (Å²) in [5.41, 5.74) is 0.878. The number of nitrogens with zero attached hydrogens (tertiary/aromatic N) is 3. The van der Waals surface area contributed by atoms with Crippen molar-refractivity contribution >= 4 is 6.03 Å². The largest absolute Gasteiger partial charge is 0.504 e. The maximum absolute atomic E-state index is 12.5. The second-order valence-electron chi connectivity index (χ2n) is 5.91. The van der Waals surface area contributed by atoms with Crippen molar-refractivity contribution in [3.05, 3.63) is 42.5 Å². The van der Waals surface area contributed by atoms with Crippen LogP contribution in [0.5, 0.6) is 11.5 Å². The number of ether oxygens (including phenoxy) is 1. The monoisotopic (exact) mass is 330 g/mol. The Morgan fingerprint density at radius 1 is 1.50 bits per heavy atom. The number of nitrogens with one attached hydrogen (secondary N) is 1. The number of phenols is 1. The van der Waals surface area contributed by atoms with Gasteiger partial charge in [0.05, 0.1) is 19.5 Å². The molecule has 2 aromatic rings. The quantitative estimate of drug-likeness (QED) is 0.878. The van der Waals surface area contributed by atoms with Crippen LogP contribution < -0.4 is 10.1 Å². The predicted molar refractivity (Wildman–Crippen MR) is 88.8 cm³/mol. The summed E-state index contributed by atoms with van der Waals surface area (Å²) < 4.78 is 7.09. The van der Waals surface area contributed by atoms with Crippen LogP contribution in [0.1, 0.15) is 18.4 Å². The van der Waals surface area contributed by atoms with Crippen molar-refractivity contribution in [3.8, 4) is 11.5 Å². The smallest absolute Gasteiger partial charge is 0.317 e. The van der Waals surface area contributed by atoms with Crippen LogP contribution in [-0.4, -0.2) is 45.3 Å². The van der Waals surface area contributed by atoms with Crippen LogP contribution in [0, 0.1) is 0 Å². The maximum atomic E-state index is 12.5. The van der Waals surface area contributed by atoms with E-state index in [0.29, 0.717) is 12.3 Å². The van der Waals surface area contributed by atoms with Gasteiger partial charge in [-0.1, -0.05) is 6.07 Å². The molecule has 0 radical (unpaired) electrons. The van der Waals surface area contributed by atoms with E-state index in [4.69, 9.17) is 4.74 Å². The van der Waals surface area contributed by atoms with Gasteiger partial charge in [-0.3, -0.25) is 0 Å². The van der Waals surface area contributed by atoms with E-state index in [1.54, 1.807) is 30.7 Å². The van der Waals surface area contributed by atoms with Crippen molar-refractivity contribution in [2.45, 2.75) is 32.0 Å². The van der Waals surface area contributed by atoms with Gasteiger partial charge in [-0.25, -0.2) is 9.78 Å². The first-order chi connectivity index (χ1) is 11.7. The Kier molecular flexibility index (Phi) is 4.88. The van der Waals surface area contributed by atoms with Gasteiger partial charge in [0.25, 0.3) is 0 Å². The average Bonchev–Trinajstić information content (AvgIpc) is 3.26. The third-order valence-corrected chi connectivity index (χ3v) is 4.31. The summed E-state index contributed by atoms with van der Waals surface area (Å²) in [5, 5.41) is 12.6. The van der Waals surface area contributed by atoms with Crippen LogP contribution in [0.2, 0.25) is 0 Å². The molecule has 2 heterocycles.